The van der Waals surface area contributed by atoms with E-state index in [1.807, 2.05) is 0 Å². The zero-order valence-electron chi connectivity index (χ0n) is 8.95. The minimum Gasteiger partial charge on any atom is -0.396 e. The first-order chi connectivity index (χ1) is 6.79. The van der Waals surface area contributed by atoms with Gasteiger partial charge in [0.25, 0.3) is 0 Å². The number of aliphatic hydroxyl groups is 2. The lowest BCUT2D eigenvalue weighted by Crippen LogP contribution is -2.18. The molecule has 0 radical (unpaired) electrons. The zero-order chi connectivity index (χ0) is 10.8. The summed E-state index contributed by atoms with van der Waals surface area (Å²) in [5.74, 6) is -0.152. The maximum atomic E-state index is 9.05. The Kier molecular flexibility index (Phi) is 8.61. The van der Waals surface area contributed by atoms with Crippen molar-refractivity contribution in [2.45, 2.75) is 39.0 Å². The van der Waals surface area contributed by atoms with Gasteiger partial charge in [0.15, 0.2) is 0 Å². The minimum atomic E-state index is -0.0984. The second kappa shape index (κ2) is 8.98. The van der Waals surface area contributed by atoms with E-state index in [-0.39, 0.29) is 25.0 Å². The highest BCUT2D eigenvalue weighted by atomic mass is 16.3. The van der Waals surface area contributed by atoms with Crippen molar-refractivity contribution in [1.82, 2.24) is 0 Å². The molecule has 2 unspecified atom stereocenters. The largest absolute Gasteiger partial charge is 0.396 e. The van der Waals surface area contributed by atoms with Gasteiger partial charge in [0.1, 0.15) is 0 Å². The van der Waals surface area contributed by atoms with E-state index in [1.54, 1.807) is 0 Å². The topological polar surface area (TPSA) is 64.2 Å². The van der Waals surface area contributed by atoms with E-state index in [0.717, 1.165) is 25.7 Å². The van der Waals surface area contributed by atoms with Crippen molar-refractivity contribution in [2.24, 2.45) is 11.8 Å². The van der Waals surface area contributed by atoms with Crippen molar-refractivity contribution in [2.75, 3.05) is 13.2 Å². The van der Waals surface area contributed by atoms with Crippen LogP contribution in [0.4, 0.5) is 0 Å². The smallest absolute Gasteiger partial charge is 0.0659 e. The number of rotatable bonds is 8. The number of hydrogen-bond donors (Lipinski definition) is 2. The summed E-state index contributed by atoms with van der Waals surface area (Å²) in [6, 6.07) is 2.23. The van der Waals surface area contributed by atoms with Crippen LogP contribution >= 0.6 is 0 Å². The molecule has 0 fully saturated rings. The summed E-state index contributed by atoms with van der Waals surface area (Å²) in [4.78, 5) is 0. The molecule has 3 nitrogen and oxygen atoms in total. The average Bonchev–Trinajstić information content (AvgIpc) is 2.22. The van der Waals surface area contributed by atoms with E-state index >= 15 is 0 Å². The van der Waals surface area contributed by atoms with Gasteiger partial charge in [-0.3, -0.25) is 0 Å². The lowest BCUT2D eigenvalue weighted by molar-refractivity contribution is 0.153. The first-order valence-corrected chi connectivity index (χ1v) is 5.41. The summed E-state index contributed by atoms with van der Waals surface area (Å²) in [5, 5.41) is 26.7. The molecule has 0 rings (SSSR count). The van der Waals surface area contributed by atoms with Crippen LogP contribution in [0.1, 0.15) is 39.0 Å². The molecule has 2 N–H and O–H groups in total. The van der Waals surface area contributed by atoms with Crippen LogP contribution in [0.5, 0.6) is 0 Å². The first kappa shape index (κ1) is 13.4. The minimum absolute atomic E-state index is 0.00487. The van der Waals surface area contributed by atoms with Gasteiger partial charge in [0.2, 0.25) is 0 Å². The third kappa shape index (κ3) is 5.21. The molecule has 0 aromatic rings. The van der Waals surface area contributed by atoms with Crippen LogP contribution in [0.15, 0.2) is 0 Å². The molecule has 0 aromatic heterocycles. The molecule has 0 aliphatic carbocycles. The third-order valence-electron chi connectivity index (χ3n) is 2.59. The van der Waals surface area contributed by atoms with Crippen molar-refractivity contribution in [3.63, 3.8) is 0 Å². The Bertz CT molecular complexity index is 165. The van der Waals surface area contributed by atoms with Gasteiger partial charge >= 0.3 is 0 Å². The molecule has 0 heterocycles. The van der Waals surface area contributed by atoms with Gasteiger partial charge < -0.3 is 10.2 Å². The van der Waals surface area contributed by atoms with Crippen LogP contribution in [-0.2, 0) is 0 Å². The molecule has 82 valence electrons. The summed E-state index contributed by atoms with van der Waals surface area (Å²) in [7, 11) is 0. The van der Waals surface area contributed by atoms with Crippen LogP contribution in [0.2, 0.25) is 0 Å². The van der Waals surface area contributed by atoms with Crippen molar-refractivity contribution in [1.29, 1.82) is 5.26 Å². The SMILES string of the molecule is CCCCCC(C#N)C(CO)CCO. The van der Waals surface area contributed by atoms with E-state index < -0.39 is 0 Å². The average molecular weight is 199 g/mol. The van der Waals surface area contributed by atoms with Crippen molar-refractivity contribution < 1.29 is 10.2 Å². The van der Waals surface area contributed by atoms with Crippen molar-refractivity contribution in [3.8, 4) is 6.07 Å². The maximum Gasteiger partial charge on any atom is 0.0659 e. The number of unbranched alkanes of at least 4 members (excludes halogenated alkanes) is 2. The van der Waals surface area contributed by atoms with Gasteiger partial charge in [-0.2, -0.15) is 5.26 Å². The first-order valence-electron chi connectivity index (χ1n) is 5.41. The summed E-state index contributed by atoms with van der Waals surface area (Å²) >= 11 is 0. The van der Waals surface area contributed by atoms with Crippen molar-refractivity contribution >= 4 is 0 Å². The highest BCUT2D eigenvalue weighted by Crippen LogP contribution is 2.21. The number of aliphatic hydroxyl groups excluding tert-OH is 2. The highest BCUT2D eigenvalue weighted by molar-refractivity contribution is 4.87. The van der Waals surface area contributed by atoms with Gasteiger partial charge in [-0.25, -0.2) is 0 Å². The quantitative estimate of drug-likeness (QED) is 0.585. The molecule has 0 aliphatic heterocycles. The summed E-state index contributed by atoms with van der Waals surface area (Å²) in [6.45, 7) is 2.18. The molecule has 2 atom stereocenters. The molecular weight excluding hydrogens is 178 g/mol. The maximum absolute atomic E-state index is 9.05. The predicted octanol–water partition coefficient (Wildman–Crippen LogP) is 1.70. The van der Waals surface area contributed by atoms with Crippen LogP contribution in [0.25, 0.3) is 0 Å². The van der Waals surface area contributed by atoms with E-state index in [1.165, 1.54) is 0 Å². The molecule has 0 bridgehead atoms. The van der Waals surface area contributed by atoms with Crippen LogP contribution in [0, 0.1) is 23.2 Å². The van der Waals surface area contributed by atoms with Gasteiger partial charge in [-0.15, -0.1) is 0 Å². The molecule has 14 heavy (non-hydrogen) atoms. The van der Waals surface area contributed by atoms with Crippen LogP contribution in [0.3, 0.4) is 0 Å². The molecule has 0 saturated heterocycles. The Morgan fingerprint density at radius 2 is 1.93 bits per heavy atom. The fourth-order valence-corrected chi connectivity index (χ4v) is 1.61. The van der Waals surface area contributed by atoms with E-state index in [2.05, 4.69) is 13.0 Å². The second-order valence-corrected chi connectivity index (χ2v) is 3.69. The zero-order valence-corrected chi connectivity index (χ0v) is 8.95. The summed E-state index contributed by atoms with van der Waals surface area (Å²) in [6.07, 6.45) is 4.68. The standard InChI is InChI=1S/C11H21NO2/c1-2-3-4-5-10(8-12)11(9-14)6-7-13/h10-11,13-14H,2-7,9H2,1H3. The predicted molar refractivity (Wildman–Crippen MR) is 55.5 cm³/mol. The van der Waals surface area contributed by atoms with E-state index in [0.29, 0.717) is 6.42 Å². The molecule has 3 heteroatoms. The fraction of sp³-hybridized carbons (Fsp3) is 0.909. The summed E-state index contributed by atoms with van der Waals surface area (Å²) < 4.78 is 0. The van der Waals surface area contributed by atoms with Gasteiger partial charge in [-0.1, -0.05) is 26.2 Å². The third-order valence-corrected chi connectivity index (χ3v) is 2.59. The fourth-order valence-electron chi connectivity index (χ4n) is 1.61. The van der Waals surface area contributed by atoms with Crippen LogP contribution in [-0.4, -0.2) is 23.4 Å². The van der Waals surface area contributed by atoms with Crippen LogP contribution < -0.4 is 0 Å². The Labute approximate surface area is 86.4 Å². The lowest BCUT2D eigenvalue weighted by atomic mass is 9.87. The second-order valence-electron chi connectivity index (χ2n) is 3.69. The number of nitriles is 1. The highest BCUT2D eigenvalue weighted by Gasteiger charge is 2.19. The number of hydrogen-bond acceptors (Lipinski definition) is 3. The van der Waals surface area contributed by atoms with E-state index in [4.69, 9.17) is 15.5 Å². The Morgan fingerprint density at radius 3 is 2.36 bits per heavy atom. The molecular formula is C11H21NO2. The molecule has 0 aliphatic rings. The van der Waals surface area contributed by atoms with Gasteiger partial charge in [0, 0.05) is 13.2 Å². The van der Waals surface area contributed by atoms with E-state index in [9.17, 15) is 0 Å². The Balaban J connectivity index is 3.89. The summed E-state index contributed by atoms with van der Waals surface area (Å²) in [5.41, 5.74) is 0. The van der Waals surface area contributed by atoms with Crippen molar-refractivity contribution in [3.05, 3.63) is 0 Å². The Morgan fingerprint density at radius 1 is 1.21 bits per heavy atom. The molecule has 0 aromatic carbocycles. The number of nitrogens with zero attached hydrogens (tertiary/aromatic N) is 1. The Hall–Kier alpha value is -0.590. The van der Waals surface area contributed by atoms with Gasteiger partial charge in [-0.05, 0) is 18.8 Å². The molecule has 0 spiro atoms. The van der Waals surface area contributed by atoms with Gasteiger partial charge in [0.05, 0.1) is 12.0 Å². The monoisotopic (exact) mass is 199 g/mol. The normalized spacial score (nSPS) is 14.7. The molecule has 0 amide bonds. The lowest BCUT2D eigenvalue weighted by Gasteiger charge is -2.18. The molecule has 0 saturated carbocycles.